The number of amides is 3. The number of anilines is 1. The number of rotatable bonds is 5. The molecule has 0 aliphatic heterocycles. The maximum atomic E-state index is 12.9. The van der Waals surface area contributed by atoms with E-state index in [4.69, 9.17) is 0 Å². The van der Waals surface area contributed by atoms with Crippen molar-refractivity contribution in [3.05, 3.63) is 65.2 Å². The van der Waals surface area contributed by atoms with Crippen LogP contribution >= 0.6 is 0 Å². The van der Waals surface area contributed by atoms with Crippen LogP contribution < -0.4 is 10.6 Å². The van der Waals surface area contributed by atoms with Crippen molar-refractivity contribution in [1.82, 2.24) is 10.2 Å². The molecule has 1 aliphatic carbocycles. The van der Waals surface area contributed by atoms with Crippen molar-refractivity contribution in [3.8, 4) is 0 Å². The molecule has 2 aromatic rings. The number of nitrogens with one attached hydrogen (secondary N) is 2. The van der Waals surface area contributed by atoms with Gasteiger partial charge >= 0.3 is 11.8 Å². The Morgan fingerprint density at radius 2 is 1.75 bits per heavy atom. The van der Waals surface area contributed by atoms with Gasteiger partial charge in [0.1, 0.15) is 0 Å². The Balaban J connectivity index is 1.76. The van der Waals surface area contributed by atoms with E-state index in [9.17, 15) is 14.4 Å². The van der Waals surface area contributed by atoms with E-state index in [1.165, 1.54) is 11.3 Å². The molecule has 0 aromatic heterocycles. The van der Waals surface area contributed by atoms with Gasteiger partial charge in [-0.15, -0.1) is 0 Å². The lowest BCUT2D eigenvalue weighted by atomic mass is 9.76. The summed E-state index contributed by atoms with van der Waals surface area (Å²) in [5.41, 5.74) is 3.02. The molecule has 3 amide bonds. The number of carbonyl (C=O) groups excluding carboxylic acids is 3. The lowest BCUT2D eigenvalue weighted by molar-refractivity contribution is -0.137. The molecule has 6 nitrogen and oxygen atoms in total. The Bertz CT molecular complexity index is 986. The second kappa shape index (κ2) is 10.4. The minimum Gasteiger partial charge on any atom is -0.345 e. The predicted molar refractivity (Wildman–Crippen MR) is 126 cm³/mol. The number of carbonyl (C=O) groups is 3. The van der Waals surface area contributed by atoms with Crippen molar-refractivity contribution >= 4 is 23.4 Å². The molecule has 1 saturated carbocycles. The van der Waals surface area contributed by atoms with Crippen molar-refractivity contribution in [3.63, 3.8) is 0 Å². The van der Waals surface area contributed by atoms with Crippen molar-refractivity contribution < 1.29 is 14.4 Å². The van der Waals surface area contributed by atoms with Gasteiger partial charge in [0.05, 0.1) is 6.04 Å². The standard InChI is InChI=1S/C26H33N3O3/c1-17-9-7-11-19(15-17)23(22-14-6-5-10-18(22)2)28-25(31)24(30)27-21-13-8-12-20(16-21)26(32)29(3)4/h5-6,8,10,12-14,16-17,19,23H,7,9,11,15H2,1-4H3,(H,27,30)(H,28,31). The fourth-order valence-corrected chi connectivity index (χ4v) is 4.55. The van der Waals surface area contributed by atoms with Crippen LogP contribution in [0, 0.1) is 18.8 Å². The van der Waals surface area contributed by atoms with Gasteiger partial charge in [0.25, 0.3) is 5.91 Å². The second-order valence-electron chi connectivity index (χ2n) is 9.07. The molecule has 0 radical (unpaired) electrons. The first-order valence-electron chi connectivity index (χ1n) is 11.3. The van der Waals surface area contributed by atoms with Crippen LogP contribution in [0.25, 0.3) is 0 Å². The second-order valence-corrected chi connectivity index (χ2v) is 9.07. The third-order valence-corrected chi connectivity index (χ3v) is 6.24. The molecule has 6 heteroatoms. The van der Waals surface area contributed by atoms with Crippen LogP contribution in [0.1, 0.15) is 60.1 Å². The van der Waals surface area contributed by atoms with Gasteiger partial charge in [0.2, 0.25) is 0 Å². The van der Waals surface area contributed by atoms with E-state index in [1.54, 1.807) is 38.4 Å². The Kier molecular flexibility index (Phi) is 7.67. The molecule has 0 bridgehead atoms. The summed E-state index contributed by atoms with van der Waals surface area (Å²) in [7, 11) is 3.33. The van der Waals surface area contributed by atoms with E-state index in [-0.39, 0.29) is 17.9 Å². The number of nitrogens with zero attached hydrogens (tertiary/aromatic N) is 1. The van der Waals surface area contributed by atoms with Crippen LogP contribution in [0.4, 0.5) is 5.69 Å². The third-order valence-electron chi connectivity index (χ3n) is 6.24. The van der Waals surface area contributed by atoms with Crippen molar-refractivity contribution in [2.24, 2.45) is 11.8 Å². The molecule has 3 rings (SSSR count). The zero-order valence-corrected chi connectivity index (χ0v) is 19.4. The quantitative estimate of drug-likeness (QED) is 0.687. The smallest absolute Gasteiger partial charge is 0.313 e. The van der Waals surface area contributed by atoms with Crippen molar-refractivity contribution in [2.45, 2.75) is 45.6 Å². The van der Waals surface area contributed by atoms with Gasteiger partial charge in [0.15, 0.2) is 0 Å². The monoisotopic (exact) mass is 435 g/mol. The average molecular weight is 436 g/mol. The minimum atomic E-state index is -0.734. The Labute approximate surface area is 190 Å². The van der Waals surface area contributed by atoms with Crippen LogP contribution in [0.3, 0.4) is 0 Å². The number of aryl methyl sites for hydroxylation is 1. The molecule has 3 unspecified atom stereocenters. The molecular formula is C26H33N3O3. The van der Waals surface area contributed by atoms with E-state index in [2.05, 4.69) is 17.6 Å². The molecule has 0 heterocycles. The number of hydrogen-bond donors (Lipinski definition) is 2. The average Bonchev–Trinajstić information content (AvgIpc) is 2.77. The zero-order valence-electron chi connectivity index (χ0n) is 19.4. The number of hydrogen-bond acceptors (Lipinski definition) is 3. The van der Waals surface area contributed by atoms with Crippen molar-refractivity contribution in [2.75, 3.05) is 19.4 Å². The molecular weight excluding hydrogens is 402 g/mol. The van der Waals surface area contributed by atoms with Crippen LogP contribution in [0.5, 0.6) is 0 Å². The van der Waals surface area contributed by atoms with Gasteiger partial charge in [-0.2, -0.15) is 0 Å². The highest BCUT2D eigenvalue weighted by molar-refractivity contribution is 6.39. The van der Waals surface area contributed by atoms with E-state index < -0.39 is 11.8 Å². The maximum Gasteiger partial charge on any atom is 0.313 e. The molecule has 2 aromatic carbocycles. The van der Waals surface area contributed by atoms with Gasteiger partial charge in [-0.05, 0) is 60.9 Å². The summed E-state index contributed by atoms with van der Waals surface area (Å²) >= 11 is 0. The predicted octanol–water partition coefficient (Wildman–Crippen LogP) is 4.32. The van der Waals surface area contributed by atoms with E-state index in [1.807, 2.05) is 31.2 Å². The summed E-state index contributed by atoms with van der Waals surface area (Å²) in [4.78, 5) is 39.3. The van der Waals surface area contributed by atoms with Crippen LogP contribution in [0.15, 0.2) is 48.5 Å². The summed E-state index contributed by atoms with van der Waals surface area (Å²) < 4.78 is 0. The summed E-state index contributed by atoms with van der Waals surface area (Å²) in [6.07, 6.45) is 4.38. The fourth-order valence-electron chi connectivity index (χ4n) is 4.55. The summed E-state index contributed by atoms with van der Waals surface area (Å²) in [5, 5.41) is 5.65. The number of benzene rings is 2. The molecule has 0 spiro atoms. The molecule has 1 fully saturated rings. The Hall–Kier alpha value is -3.15. The third kappa shape index (κ3) is 5.75. The van der Waals surface area contributed by atoms with E-state index in [0.29, 0.717) is 17.2 Å². The van der Waals surface area contributed by atoms with E-state index in [0.717, 1.165) is 30.4 Å². The zero-order chi connectivity index (χ0) is 23.3. The maximum absolute atomic E-state index is 12.9. The fraction of sp³-hybridized carbons (Fsp3) is 0.423. The molecule has 1 aliphatic rings. The highest BCUT2D eigenvalue weighted by atomic mass is 16.2. The van der Waals surface area contributed by atoms with Crippen LogP contribution in [0.2, 0.25) is 0 Å². The van der Waals surface area contributed by atoms with Crippen LogP contribution in [-0.2, 0) is 9.59 Å². The van der Waals surface area contributed by atoms with Gasteiger partial charge in [-0.25, -0.2) is 0 Å². The van der Waals surface area contributed by atoms with Gasteiger partial charge < -0.3 is 15.5 Å². The highest BCUT2D eigenvalue weighted by Gasteiger charge is 2.31. The first-order chi connectivity index (χ1) is 15.3. The minimum absolute atomic E-state index is 0.170. The topological polar surface area (TPSA) is 78.5 Å². The summed E-state index contributed by atoms with van der Waals surface area (Å²) in [5.74, 6) is -0.681. The highest BCUT2D eigenvalue weighted by Crippen LogP contribution is 2.38. The Morgan fingerprint density at radius 3 is 2.44 bits per heavy atom. The van der Waals surface area contributed by atoms with Gasteiger partial charge in [-0.1, -0.05) is 50.1 Å². The van der Waals surface area contributed by atoms with E-state index >= 15 is 0 Å². The first kappa shape index (κ1) is 23.5. The SMILES string of the molecule is Cc1ccccc1C(NC(=O)C(=O)Nc1cccc(C(=O)N(C)C)c1)C1CCCC(C)C1. The molecule has 170 valence electrons. The van der Waals surface area contributed by atoms with Gasteiger partial charge in [-0.3, -0.25) is 14.4 Å². The molecule has 0 saturated heterocycles. The van der Waals surface area contributed by atoms with Crippen molar-refractivity contribution in [1.29, 1.82) is 0 Å². The van der Waals surface area contributed by atoms with Gasteiger partial charge in [0, 0.05) is 25.3 Å². The van der Waals surface area contributed by atoms with Crippen LogP contribution in [-0.4, -0.2) is 36.7 Å². The molecule has 3 atom stereocenters. The molecule has 32 heavy (non-hydrogen) atoms. The summed E-state index contributed by atoms with van der Waals surface area (Å²) in [6, 6.07) is 14.4. The lowest BCUT2D eigenvalue weighted by Crippen LogP contribution is -2.41. The normalized spacial score (nSPS) is 19.0. The lowest BCUT2D eigenvalue weighted by Gasteiger charge is -2.34. The molecule has 2 N–H and O–H groups in total. The largest absolute Gasteiger partial charge is 0.345 e. The first-order valence-corrected chi connectivity index (χ1v) is 11.3. The summed E-state index contributed by atoms with van der Waals surface area (Å²) in [6.45, 7) is 4.28. The Morgan fingerprint density at radius 1 is 1.00 bits per heavy atom.